The summed E-state index contributed by atoms with van der Waals surface area (Å²) < 4.78 is 30.4. The van der Waals surface area contributed by atoms with E-state index in [2.05, 4.69) is 15.9 Å². The van der Waals surface area contributed by atoms with E-state index in [9.17, 15) is 8.78 Å². The van der Waals surface area contributed by atoms with Gasteiger partial charge < -0.3 is 10.2 Å². The lowest BCUT2D eigenvalue weighted by Gasteiger charge is -2.21. The first-order valence-corrected chi connectivity index (χ1v) is 4.51. The summed E-state index contributed by atoms with van der Waals surface area (Å²) in [6.45, 7) is 1.30. The zero-order valence-electron chi connectivity index (χ0n) is 7.06. The van der Waals surface area contributed by atoms with Crippen molar-refractivity contribution in [2.45, 2.75) is 25.3 Å². The van der Waals surface area contributed by atoms with Crippen LogP contribution in [0.4, 0.5) is 8.78 Å². The highest BCUT2D eigenvalue weighted by atomic mass is 79.9. The summed E-state index contributed by atoms with van der Waals surface area (Å²) in [5.41, 5.74) is 3.85. The van der Waals surface area contributed by atoms with E-state index in [4.69, 9.17) is 10.2 Å². The molecule has 0 bridgehead atoms. The number of halogens is 3. The number of hydrogen-bond acceptors (Lipinski definition) is 2. The predicted molar refractivity (Wildman–Crippen MR) is 48.7 cm³/mol. The molecule has 1 rings (SSSR count). The van der Waals surface area contributed by atoms with Crippen LogP contribution in [0, 0.1) is 0 Å². The van der Waals surface area contributed by atoms with Crippen molar-refractivity contribution >= 4 is 15.9 Å². The molecule has 0 saturated carbocycles. The third-order valence-corrected chi connectivity index (χ3v) is 2.09. The molecule has 0 amide bonds. The Morgan fingerprint density at radius 1 is 1.69 bits per heavy atom. The van der Waals surface area contributed by atoms with E-state index < -0.39 is 12.0 Å². The second-order valence-corrected chi connectivity index (χ2v) is 4.13. The molecule has 1 aromatic rings. The van der Waals surface area contributed by atoms with Gasteiger partial charge in [0.1, 0.15) is 12.0 Å². The van der Waals surface area contributed by atoms with Crippen molar-refractivity contribution in [3.63, 3.8) is 0 Å². The van der Waals surface area contributed by atoms with Crippen LogP contribution in [0.1, 0.15) is 12.7 Å². The third kappa shape index (κ3) is 2.77. The van der Waals surface area contributed by atoms with Crippen molar-refractivity contribution in [2.24, 2.45) is 5.73 Å². The molecule has 74 valence electrons. The molecule has 13 heavy (non-hydrogen) atoms. The maximum Gasteiger partial charge on any atom is 0.256 e. The van der Waals surface area contributed by atoms with Gasteiger partial charge in [0.25, 0.3) is 6.43 Å². The standard InChI is InChI=1S/C8H10BrF2NO/c1-8(12,7(10)11)3-6-2-5(9)4-13-6/h2,4,7H,3,12H2,1H3. The Kier molecular flexibility index (Phi) is 3.08. The van der Waals surface area contributed by atoms with Crippen LogP contribution >= 0.6 is 15.9 Å². The maximum atomic E-state index is 12.3. The molecule has 0 aliphatic heterocycles. The van der Waals surface area contributed by atoms with E-state index in [0.29, 0.717) is 5.76 Å². The minimum absolute atomic E-state index is 0.0241. The maximum absolute atomic E-state index is 12.3. The zero-order valence-corrected chi connectivity index (χ0v) is 8.64. The van der Waals surface area contributed by atoms with Gasteiger partial charge in [-0.15, -0.1) is 0 Å². The molecule has 1 heterocycles. The van der Waals surface area contributed by atoms with Crippen molar-refractivity contribution < 1.29 is 13.2 Å². The van der Waals surface area contributed by atoms with Crippen molar-refractivity contribution in [3.05, 3.63) is 22.6 Å². The normalized spacial score (nSPS) is 16.2. The second kappa shape index (κ2) is 3.75. The van der Waals surface area contributed by atoms with Crippen LogP contribution in [-0.2, 0) is 6.42 Å². The number of rotatable bonds is 3. The van der Waals surface area contributed by atoms with E-state index in [1.54, 1.807) is 6.07 Å². The van der Waals surface area contributed by atoms with Gasteiger partial charge >= 0.3 is 0 Å². The molecule has 1 unspecified atom stereocenters. The summed E-state index contributed by atoms with van der Waals surface area (Å²) >= 11 is 3.15. The minimum Gasteiger partial charge on any atom is -0.468 e. The molecule has 0 aliphatic rings. The third-order valence-electron chi connectivity index (χ3n) is 1.68. The van der Waals surface area contributed by atoms with Gasteiger partial charge in [-0.05, 0) is 28.9 Å². The number of hydrogen-bond donors (Lipinski definition) is 1. The Labute approximate surface area is 83.2 Å². The molecule has 1 atom stereocenters. The van der Waals surface area contributed by atoms with Crippen molar-refractivity contribution in [3.8, 4) is 0 Å². The van der Waals surface area contributed by atoms with Gasteiger partial charge in [0.05, 0.1) is 10.0 Å². The van der Waals surface area contributed by atoms with Crippen molar-refractivity contribution in [2.75, 3.05) is 0 Å². The summed E-state index contributed by atoms with van der Waals surface area (Å²) in [5, 5.41) is 0. The van der Waals surface area contributed by atoms with E-state index in [1.807, 2.05) is 0 Å². The van der Waals surface area contributed by atoms with Gasteiger partial charge in [-0.25, -0.2) is 8.78 Å². The monoisotopic (exact) mass is 253 g/mol. The average molecular weight is 254 g/mol. The molecule has 0 aromatic carbocycles. The Bertz CT molecular complexity index is 285. The molecule has 1 aromatic heterocycles. The van der Waals surface area contributed by atoms with Gasteiger partial charge in [0, 0.05) is 6.42 Å². The minimum atomic E-state index is -2.56. The summed E-state index contributed by atoms with van der Waals surface area (Å²) in [4.78, 5) is 0. The highest BCUT2D eigenvalue weighted by Crippen LogP contribution is 2.21. The Morgan fingerprint density at radius 3 is 2.69 bits per heavy atom. The zero-order chi connectivity index (χ0) is 10.1. The molecule has 5 heteroatoms. The molecule has 0 saturated heterocycles. The van der Waals surface area contributed by atoms with Crippen LogP contribution in [0.5, 0.6) is 0 Å². The lowest BCUT2D eigenvalue weighted by Crippen LogP contribution is -2.45. The second-order valence-electron chi connectivity index (χ2n) is 3.21. The predicted octanol–water partition coefficient (Wildman–Crippen LogP) is 2.57. The summed E-state index contributed by atoms with van der Waals surface area (Å²) in [6.07, 6.45) is -1.09. The molecular formula is C8H10BrF2NO. The van der Waals surface area contributed by atoms with E-state index >= 15 is 0 Å². The average Bonchev–Trinajstić information content (AvgIpc) is 2.34. The summed E-state index contributed by atoms with van der Waals surface area (Å²) in [6, 6.07) is 1.63. The molecule has 0 spiro atoms. The van der Waals surface area contributed by atoms with E-state index in [-0.39, 0.29) is 6.42 Å². The van der Waals surface area contributed by atoms with Crippen LogP contribution in [-0.4, -0.2) is 12.0 Å². The molecule has 0 radical (unpaired) electrons. The van der Waals surface area contributed by atoms with Crippen LogP contribution in [0.2, 0.25) is 0 Å². The first-order valence-electron chi connectivity index (χ1n) is 3.72. The lowest BCUT2D eigenvalue weighted by molar-refractivity contribution is 0.0610. The molecule has 2 N–H and O–H groups in total. The van der Waals surface area contributed by atoms with Crippen molar-refractivity contribution in [1.29, 1.82) is 0 Å². The molecule has 0 fully saturated rings. The molecule has 0 aliphatic carbocycles. The Hall–Kier alpha value is -0.420. The summed E-state index contributed by atoms with van der Waals surface area (Å²) in [5.74, 6) is 0.456. The fourth-order valence-electron chi connectivity index (χ4n) is 0.899. The topological polar surface area (TPSA) is 39.2 Å². The van der Waals surface area contributed by atoms with E-state index in [1.165, 1.54) is 13.2 Å². The summed E-state index contributed by atoms with van der Waals surface area (Å²) in [7, 11) is 0. The first kappa shape index (κ1) is 10.7. The fraction of sp³-hybridized carbons (Fsp3) is 0.500. The van der Waals surface area contributed by atoms with Crippen molar-refractivity contribution in [1.82, 2.24) is 0 Å². The van der Waals surface area contributed by atoms with Crippen LogP contribution < -0.4 is 5.73 Å². The van der Waals surface area contributed by atoms with Crippen LogP contribution in [0.25, 0.3) is 0 Å². The number of alkyl halides is 2. The Morgan fingerprint density at radius 2 is 2.31 bits per heavy atom. The largest absolute Gasteiger partial charge is 0.468 e. The molecule has 2 nitrogen and oxygen atoms in total. The number of furan rings is 1. The van der Waals surface area contributed by atoms with Gasteiger partial charge in [-0.3, -0.25) is 0 Å². The molecular weight excluding hydrogens is 244 g/mol. The lowest BCUT2D eigenvalue weighted by atomic mass is 9.99. The van der Waals surface area contributed by atoms with Gasteiger partial charge in [0.2, 0.25) is 0 Å². The smallest absolute Gasteiger partial charge is 0.256 e. The fourth-order valence-corrected chi connectivity index (χ4v) is 1.25. The van der Waals surface area contributed by atoms with Crippen LogP contribution in [0.3, 0.4) is 0 Å². The highest BCUT2D eigenvalue weighted by molar-refractivity contribution is 9.10. The van der Waals surface area contributed by atoms with Gasteiger partial charge in [-0.1, -0.05) is 0 Å². The van der Waals surface area contributed by atoms with Gasteiger partial charge in [-0.2, -0.15) is 0 Å². The first-order chi connectivity index (χ1) is 5.92. The van der Waals surface area contributed by atoms with Gasteiger partial charge in [0.15, 0.2) is 0 Å². The highest BCUT2D eigenvalue weighted by Gasteiger charge is 2.31. The Balaban J connectivity index is 2.68. The quantitative estimate of drug-likeness (QED) is 0.900. The number of nitrogens with two attached hydrogens (primary N) is 1. The SMILES string of the molecule is CC(N)(Cc1cc(Br)co1)C(F)F. The van der Waals surface area contributed by atoms with E-state index in [0.717, 1.165) is 4.47 Å². The van der Waals surface area contributed by atoms with Crippen LogP contribution in [0.15, 0.2) is 21.2 Å².